The van der Waals surface area contributed by atoms with E-state index in [1.54, 1.807) is 11.6 Å². The minimum atomic E-state index is -0.357. The molecule has 1 amide bonds. The molecular formula is C51H65ClN6O3S. The van der Waals surface area contributed by atoms with Crippen LogP contribution in [0.1, 0.15) is 117 Å². The fraction of sp³-hybridized carbons (Fsp3) is 0.451. The van der Waals surface area contributed by atoms with Crippen molar-refractivity contribution in [3.8, 4) is 0 Å². The Morgan fingerprint density at radius 1 is 0.968 bits per heavy atom. The zero-order valence-electron chi connectivity index (χ0n) is 37.6. The van der Waals surface area contributed by atoms with Crippen LogP contribution in [-0.2, 0) is 6.42 Å². The van der Waals surface area contributed by atoms with Gasteiger partial charge in [0, 0.05) is 79.1 Å². The first-order valence-electron chi connectivity index (χ1n) is 22.6. The van der Waals surface area contributed by atoms with Gasteiger partial charge < -0.3 is 10.2 Å². The highest BCUT2D eigenvalue weighted by Gasteiger charge is 2.29. The number of piperazine rings is 1. The summed E-state index contributed by atoms with van der Waals surface area (Å²) in [4.78, 5) is 34.6. The first kappa shape index (κ1) is 46.9. The number of hydrogen-bond donors (Lipinski definition) is 2. The third-order valence-electron chi connectivity index (χ3n) is 12.5. The number of fused-ring (bicyclic) bond motifs is 1. The lowest BCUT2D eigenvalue weighted by Crippen LogP contribution is -2.47. The van der Waals surface area contributed by atoms with Crippen molar-refractivity contribution in [1.82, 2.24) is 14.6 Å². The molecule has 4 aromatic rings. The van der Waals surface area contributed by atoms with E-state index in [2.05, 4.69) is 82.0 Å². The Labute approximate surface area is 379 Å². The molecule has 2 N–H and O–H groups in total. The molecule has 0 atom stereocenters. The van der Waals surface area contributed by atoms with Crippen LogP contribution in [0.3, 0.4) is 0 Å². The van der Waals surface area contributed by atoms with Crippen molar-refractivity contribution in [1.29, 1.82) is 0 Å². The number of nitro groups is 1. The minimum absolute atomic E-state index is 0.0297. The van der Waals surface area contributed by atoms with Crippen LogP contribution in [0.15, 0.2) is 89.5 Å². The first-order chi connectivity index (χ1) is 29.9. The molecule has 2 heterocycles. The molecule has 330 valence electrons. The monoisotopic (exact) mass is 876 g/mol. The van der Waals surface area contributed by atoms with Crippen molar-refractivity contribution in [3.63, 3.8) is 0 Å². The Morgan fingerprint density at radius 2 is 1.71 bits per heavy atom. The lowest BCUT2D eigenvalue weighted by molar-refractivity contribution is -0.384. The number of benzene rings is 3. The maximum Gasteiger partial charge on any atom is 0.293 e. The maximum absolute atomic E-state index is 13.2. The average Bonchev–Trinajstić information content (AvgIpc) is 3.75. The summed E-state index contributed by atoms with van der Waals surface area (Å²) in [6.45, 7) is 18.4. The molecule has 3 aromatic carbocycles. The van der Waals surface area contributed by atoms with Crippen molar-refractivity contribution in [2.24, 2.45) is 11.3 Å². The molecule has 9 nitrogen and oxygen atoms in total. The Bertz CT molecular complexity index is 2230. The predicted molar refractivity (Wildman–Crippen MR) is 260 cm³/mol. The maximum atomic E-state index is 13.2. The molecule has 8 rings (SSSR count). The van der Waals surface area contributed by atoms with Gasteiger partial charge in [-0.05, 0) is 146 Å². The van der Waals surface area contributed by atoms with Crippen LogP contribution in [0.2, 0.25) is 5.02 Å². The number of carbonyl (C=O) groups excluding carboxylic acids is 1. The number of nitrogens with one attached hydrogen (secondary N) is 2. The largest absolute Gasteiger partial charge is 0.379 e. The van der Waals surface area contributed by atoms with Crippen molar-refractivity contribution in [2.45, 2.75) is 104 Å². The SMILES string of the molecule is CC.Cc1cc(N2CCN(CC3=C(c4ccc(Cl)cc4)CC(C)(C)CC3)CC2)ccc1C(=O)NSc1ccc(NCC2CCCCC2)c([N+](=O)[O-])c1.Cc1cnc2c(c1)C=CC2. The Hall–Kier alpha value is -4.64. The van der Waals surface area contributed by atoms with Gasteiger partial charge in [0.15, 0.2) is 0 Å². The zero-order valence-corrected chi connectivity index (χ0v) is 39.1. The Morgan fingerprint density at radius 3 is 2.42 bits per heavy atom. The van der Waals surface area contributed by atoms with Crippen molar-refractivity contribution < 1.29 is 9.72 Å². The van der Waals surface area contributed by atoms with E-state index in [0.717, 1.165) is 86.8 Å². The highest BCUT2D eigenvalue weighted by molar-refractivity contribution is 7.98. The van der Waals surface area contributed by atoms with E-state index in [-0.39, 0.29) is 16.5 Å². The Kier molecular flexibility index (Phi) is 16.7. The van der Waals surface area contributed by atoms with Crippen LogP contribution in [0.5, 0.6) is 0 Å². The van der Waals surface area contributed by atoms with Gasteiger partial charge in [0.05, 0.1) is 10.6 Å². The summed E-state index contributed by atoms with van der Waals surface area (Å²) in [7, 11) is 0. The standard InChI is InChI=1S/C40H50ClN5O3S.C9H9N.C2H6/c1-28-23-33(45-21-19-44(20-22-45)27-31-17-18-40(2,3)25-36(31)30-9-11-32(41)12-10-30)13-15-35(28)39(47)43-50-34-14-16-37(38(24-34)46(48)49)42-26-29-7-5-4-6-8-29;1-7-5-8-3-2-4-9(8)10-6-7;1-2/h9-16,23-24,29,42H,4-8,17-22,25-27H2,1-3H3,(H,43,47);2-3,5-6H,4H2,1H3;1-2H3. The molecule has 0 radical (unpaired) electrons. The minimum Gasteiger partial charge on any atom is -0.379 e. The number of carbonyl (C=O) groups is 1. The molecule has 3 aliphatic carbocycles. The van der Waals surface area contributed by atoms with Gasteiger partial charge in [-0.15, -0.1) is 0 Å². The van der Waals surface area contributed by atoms with Gasteiger partial charge >= 0.3 is 0 Å². The van der Waals surface area contributed by atoms with Crippen LogP contribution in [-0.4, -0.2) is 60.0 Å². The summed E-state index contributed by atoms with van der Waals surface area (Å²) in [5.74, 6) is 0.342. The molecule has 1 aromatic heterocycles. The molecule has 0 unspecified atom stereocenters. The molecule has 0 spiro atoms. The number of allylic oxidation sites excluding steroid dienone is 2. The molecule has 1 aliphatic heterocycles. The van der Waals surface area contributed by atoms with Crippen molar-refractivity contribution in [2.75, 3.05) is 49.5 Å². The number of aromatic nitrogens is 1. The molecule has 62 heavy (non-hydrogen) atoms. The predicted octanol–water partition coefficient (Wildman–Crippen LogP) is 12.8. The molecule has 4 aliphatic rings. The number of aryl methyl sites for hydroxylation is 2. The van der Waals surface area contributed by atoms with Crippen molar-refractivity contribution >= 4 is 58.2 Å². The van der Waals surface area contributed by atoms with Crippen LogP contribution < -0.4 is 14.9 Å². The van der Waals surface area contributed by atoms with Gasteiger partial charge in [0.25, 0.3) is 11.6 Å². The summed E-state index contributed by atoms with van der Waals surface area (Å²) < 4.78 is 2.90. The van der Waals surface area contributed by atoms with Gasteiger partial charge in [-0.1, -0.05) is 88.4 Å². The third kappa shape index (κ3) is 12.7. The number of rotatable bonds is 11. The smallest absolute Gasteiger partial charge is 0.293 e. The van der Waals surface area contributed by atoms with Gasteiger partial charge in [-0.2, -0.15) is 0 Å². The molecule has 0 bridgehead atoms. The average molecular weight is 878 g/mol. The van der Waals surface area contributed by atoms with Crippen LogP contribution in [0.4, 0.5) is 17.1 Å². The summed E-state index contributed by atoms with van der Waals surface area (Å²) in [6.07, 6.45) is 16.7. The zero-order chi connectivity index (χ0) is 44.2. The van der Waals surface area contributed by atoms with Crippen LogP contribution >= 0.6 is 23.5 Å². The highest BCUT2D eigenvalue weighted by atomic mass is 35.5. The third-order valence-corrected chi connectivity index (χ3v) is 13.5. The number of amides is 1. The fourth-order valence-electron chi connectivity index (χ4n) is 8.91. The van der Waals surface area contributed by atoms with Crippen molar-refractivity contribution in [3.05, 3.63) is 133 Å². The molecule has 2 fully saturated rings. The number of nitro benzene ring substituents is 1. The van der Waals surface area contributed by atoms with E-state index in [0.29, 0.717) is 27.5 Å². The topological polar surface area (TPSA) is 104 Å². The molecule has 1 saturated carbocycles. The van der Waals surface area contributed by atoms with Crippen LogP contribution in [0.25, 0.3) is 11.6 Å². The second-order valence-electron chi connectivity index (χ2n) is 17.7. The number of hydrogen-bond acceptors (Lipinski definition) is 8. The van der Waals surface area contributed by atoms with E-state index >= 15 is 0 Å². The molecule has 1 saturated heterocycles. The number of nitrogens with zero attached hydrogens (tertiary/aromatic N) is 4. The fourth-order valence-corrected chi connectivity index (χ4v) is 9.66. The quantitative estimate of drug-likeness (QED) is 0.0872. The second-order valence-corrected chi connectivity index (χ2v) is 19.0. The van der Waals surface area contributed by atoms with E-state index in [1.807, 2.05) is 57.3 Å². The van der Waals surface area contributed by atoms with Gasteiger partial charge in [-0.25, -0.2) is 0 Å². The van der Waals surface area contributed by atoms with Crippen LogP contribution in [0, 0.1) is 35.3 Å². The van der Waals surface area contributed by atoms with Gasteiger partial charge in [-0.3, -0.25) is 29.5 Å². The van der Waals surface area contributed by atoms with Gasteiger partial charge in [0.2, 0.25) is 0 Å². The van der Waals surface area contributed by atoms with E-state index in [9.17, 15) is 14.9 Å². The van der Waals surface area contributed by atoms with E-state index in [4.69, 9.17) is 11.6 Å². The summed E-state index contributed by atoms with van der Waals surface area (Å²) >= 11 is 7.31. The van der Waals surface area contributed by atoms with E-state index < -0.39 is 0 Å². The number of anilines is 2. The summed E-state index contributed by atoms with van der Waals surface area (Å²) in [5, 5.41) is 15.9. The Balaban J connectivity index is 0.000000461. The highest BCUT2D eigenvalue weighted by Crippen LogP contribution is 2.43. The molecular weight excluding hydrogens is 812 g/mol. The molecule has 11 heteroatoms. The lowest BCUT2D eigenvalue weighted by Gasteiger charge is -2.39. The van der Waals surface area contributed by atoms with Gasteiger partial charge in [0.1, 0.15) is 5.69 Å². The summed E-state index contributed by atoms with van der Waals surface area (Å²) in [6, 6.07) is 21.6. The number of halogens is 1. The normalized spacial score (nSPS) is 17.3. The second kappa shape index (κ2) is 22.1. The number of pyridine rings is 1. The van der Waals surface area contributed by atoms with E-state index in [1.165, 1.54) is 72.5 Å². The lowest BCUT2D eigenvalue weighted by atomic mass is 9.72. The first-order valence-corrected chi connectivity index (χ1v) is 23.8. The summed E-state index contributed by atoms with van der Waals surface area (Å²) in [5.41, 5.74) is 11.6.